The van der Waals surface area contributed by atoms with Gasteiger partial charge in [0.05, 0.1) is 27.2 Å². The maximum absolute atomic E-state index is 13.9. The summed E-state index contributed by atoms with van der Waals surface area (Å²) in [5, 5.41) is 1.51. The minimum atomic E-state index is -3.94. The number of hydrogen-bond acceptors (Lipinski definition) is 5. The molecule has 1 aromatic carbocycles. The van der Waals surface area contributed by atoms with Gasteiger partial charge in [-0.05, 0) is 37.0 Å². The maximum Gasteiger partial charge on any atom is 0.254 e. The monoisotopic (exact) mass is 391 g/mol. The van der Waals surface area contributed by atoms with E-state index in [4.69, 9.17) is 0 Å². The van der Waals surface area contributed by atoms with Gasteiger partial charge in [0, 0.05) is 6.54 Å². The molecule has 0 saturated carbocycles. The van der Waals surface area contributed by atoms with Crippen LogP contribution in [0.15, 0.2) is 23.1 Å². The summed E-state index contributed by atoms with van der Waals surface area (Å²) in [6.45, 7) is 4.32. The zero-order chi connectivity index (χ0) is 18.8. The molecule has 9 heteroatoms. The van der Waals surface area contributed by atoms with Crippen molar-refractivity contribution in [2.45, 2.75) is 36.8 Å². The minimum Gasteiger partial charge on any atom is -0.352 e. The molecule has 0 bridgehead atoms. The van der Waals surface area contributed by atoms with Gasteiger partial charge < -0.3 is 5.32 Å². The maximum atomic E-state index is 13.9. The normalized spacial score (nSPS) is 19.9. The van der Waals surface area contributed by atoms with Crippen LogP contribution < -0.4 is 5.32 Å². The summed E-state index contributed by atoms with van der Waals surface area (Å²) in [6.07, 6.45) is 0.725. The number of carbonyl (C=O) groups is 1. The summed E-state index contributed by atoms with van der Waals surface area (Å²) >= 11 is 0. The van der Waals surface area contributed by atoms with E-state index in [9.17, 15) is 26.0 Å². The van der Waals surface area contributed by atoms with Gasteiger partial charge in [-0.25, -0.2) is 21.2 Å². The van der Waals surface area contributed by atoms with Crippen molar-refractivity contribution in [3.63, 3.8) is 0 Å². The molecule has 1 atom stereocenters. The number of benzene rings is 1. The van der Waals surface area contributed by atoms with Gasteiger partial charge in [0.1, 0.15) is 5.82 Å². The molecule has 6 nitrogen and oxygen atoms in total. The average molecular weight is 391 g/mol. The molecule has 2 rings (SSSR count). The van der Waals surface area contributed by atoms with Gasteiger partial charge >= 0.3 is 0 Å². The Morgan fingerprint density at radius 1 is 1.36 bits per heavy atom. The number of halogens is 1. The summed E-state index contributed by atoms with van der Waals surface area (Å²) in [7, 11) is -7.32. The molecule has 0 radical (unpaired) electrons. The van der Waals surface area contributed by atoms with Crippen LogP contribution in [-0.2, 0) is 19.7 Å². The third kappa shape index (κ3) is 4.78. The molecule has 25 heavy (non-hydrogen) atoms. The van der Waals surface area contributed by atoms with Crippen molar-refractivity contribution in [1.82, 2.24) is 5.32 Å². The summed E-state index contributed by atoms with van der Waals surface area (Å²) in [5.74, 6) is -1.76. The molecule has 1 aliphatic heterocycles. The second-order valence-electron chi connectivity index (χ2n) is 6.65. The van der Waals surface area contributed by atoms with E-state index in [-0.39, 0.29) is 22.6 Å². The molecule has 1 fully saturated rings. The Morgan fingerprint density at radius 2 is 2.04 bits per heavy atom. The third-order valence-electron chi connectivity index (χ3n) is 4.15. The highest BCUT2D eigenvalue weighted by Gasteiger charge is 2.38. The van der Waals surface area contributed by atoms with Crippen LogP contribution in [0, 0.1) is 11.7 Å². The molecule has 0 aromatic heterocycles. The predicted molar refractivity (Wildman–Crippen MR) is 92.4 cm³/mol. The quantitative estimate of drug-likeness (QED) is 0.742. The third-order valence-corrected chi connectivity index (χ3v) is 8.32. The van der Waals surface area contributed by atoms with Crippen LogP contribution in [0.4, 0.5) is 4.39 Å². The van der Waals surface area contributed by atoms with Crippen molar-refractivity contribution >= 4 is 25.6 Å². The Bertz CT molecular complexity index is 863. The molecule has 1 aliphatic rings. The Balaban J connectivity index is 2.24. The summed E-state index contributed by atoms with van der Waals surface area (Å²) < 4.78 is 62.2. The van der Waals surface area contributed by atoms with E-state index in [1.165, 1.54) is 0 Å². The molecular weight excluding hydrogens is 369 g/mol. The van der Waals surface area contributed by atoms with Crippen LogP contribution >= 0.6 is 0 Å². The van der Waals surface area contributed by atoms with Gasteiger partial charge in [-0.3, -0.25) is 4.79 Å². The lowest BCUT2D eigenvalue weighted by molar-refractivity contribution is 0.0947. The van der Waals surface area contributed by atoms with E-state index >= 15 is 0 Å². The average Bonchev–Trinajstić information content (AvgIpc) is 2.88. The first-order valence-electron chi connectivity index (χ1n) is 8.05. The fraction of sp³-hybridized carbons (Fsp3) is 0.562. The van der Waals surface area contributed by atoms with Gasteiger partial charge in [-0.15, -0.1) is 0 Å². The van der Waals surface area contributed by atoms with E-state index in [1.54, 1.807) is 0 Å². The zero-order valence-electron chi connectivity index (χ0n) is 14.2. The van der Waals surface area contributed by atoms with Gasteiger partial charge in [-0.2, -0.15) is 0 Å². The minimum absolute atomic E-state index is 0.0119. The molecule has 0 spiro atoms. The number of amides is 1. The first kappa shape index (κ1) is 19.8. The Labute approximate surface area is 147 Å². The number of carbonyl (C=O) groups excluding carboxylic acids is 1. The molecule has 1 aromatic rings. The zero-order valence-corrected chi connectivity index (χ0v) is 15.8. The fourth-order valence-corrected chi connectivity index (χ4v) is 7.01. The van der Waals surface area contributed by atoms with E-state index in [2.05, 4.69) is 5.32 Å². The van der Waals surface area contributed by atoms with Crippen molar-refractivity contribution in [3.05, 3.63) is 29.6 Å². The van der Waals surface area contributed by atoms with E-state index < -0.39 is 42.4 Å². The van der Waals surface area contributed by atoms with E-state index in [1.807, 2.05) is 13.8 Å². The van der Waals surface area contributed by atoms with Crippen molar-refractivity contribution in [3.8, 4) is 0 Å². The van der Waals surface area contributed by atoms with Gasteiger partial charge in [0.15, 0.2) is 19.7 Å². The summed E-state index contributed by atoms with van der Waals surface area (Å²) in [5.41, 5.74) is -0.356. The highest BCUT2D eigenvalue weighted by Crippen LogP contribution is 2.26. The van der Waals surface area contributed by atoms with Crippen LogP contribution in [-0.4, -0.2) is 46.0 Å². The lowest BCUT2D eigenvalue weighted by atomic mass is 10.1. The van der Waals surface area contributed by atoms with Gasteiger partial charge in [0.2, 0.25) is 0 Å². The molecular formula is C16H22FNO5S2. The van der Waals surface area contributed by atoms with Crippen LogP contribution in [0.5, 0.6) is 0 Å². The van der Waals surface area contributed by atoms with Gasteiger partial charge in [0.25, 0.3) is 5.91 Å². The highest BCUT2D eigenvalue weighted by atomic mass is 32.2. The molecule has 140 valence electrons. The first-order chi connectivity index (χ1) is 11.5. The molecule has 1 unspecified atom stereocenters. The first-order valence-corrected chi connectivity index (χ1v) is 11.4. The van der Waals surface area contributed by atoms with Crippen LogP contribution in [0.3, 0.4) is 0 Å². The second kappa shape index (κ2) is 7.41. The van der Waals surface area contributed by atoms with Crippen LogP contribution in [0.1, 0.15) is 37.0 Å². The largest absolute Gasteiger partial charge is 0.352 e. The number of rotatable bonds is 6. The topological polar surface area (TPSA) is 97.4 Å². The fourth-order valence-electron chi connectivity index (χ4n) is 2.62. The SMILES string of the molecule is CC(C)CCNC(=O)c1cc(S(=O)(=O)C2CCS(=O)(=O)C2)ccc1F. The molecule has 1 saturated heterocycles. The van der Waals surface area contributed by atoms with E-state index in [0.717, 1.165) is 18.2 Å². The standard InChI is InChI=1S/C16H22FNO5S2/c1-11(2)5-7-18-16(19)14-9-12(3-4-15(14)17)25(22,23)13-6-8-24(20,21)10-13/h3-4,9,11,13H,5-8,10H2,1-2H3,(H,18,19). The van der Waals surface area contributed by atoms with Crippen LogP contribution in [0.2, 0.25) is 0 Å². The Hall–Kier alpha value is -1.48. The lowest BCUT2D eigenvalue weighted by Crippen LogP contribution is -2.27. The van der Waals surface area contributed by atoms with Crippen LogP contribution in [0.25, 0.3) is 0 Å². The van der Waals surface area contributed by atoms with E-state index in [0.29, 0.717) is 18.9 Å². The molecule has 0 aliphatic carbocycles. The number of nitrogens with one attached hydrogen (secondary N) is 1. The summed E-state index contributed by atoms with van der Waals surface area (Å²) in [6, 6.07) is 2.98. The molecule has 1 N–H and O–H groups in total. The molecule has 1 amide bonds. The van der Waals surface area contributed by atoms with Crippen molar-refractivity contribution in [1.29, 1.82) is 0 Å². The van der Waals surface area contributed by atoms with Crippen molar-refractivity contribution in [2.75, 3.05) is 18.1 Å². The number of hydrogen-bond donors (Lipinski definition) is 1. The predicted octanol–water partition coefficient (Wildman–Crippen LogP) is 1.56. The second-order valence-corrected chi connectivity index (χ2v) is 11.1. The van der Waals surface area contributed by atoms with Crippen molar-refractivity contribution in [2.24, 2.45) is 5.92 Å². The highest BCUT2D eigenvalue weighted by molar-refractivity contribution is 7.96. The van der Waals surface area contributed by atoms with Gasteiger partial charge in [-0.1, -0.05) is 13.8 Å². The lowest BCUT2D eigenvalue weighted by Gasteiger charge is -2.12. The molecule has 1 heterocycles. The van der Waals surface area contributed by atoms with Crippen molar-refractivity contribution < 1.29 is 26.0 Å². The Kier molecular flexibility index (Phi) is 5.88. The number of sulfone groups is 2. The summed E-state index contributed by atoms with van der Waals surface area (Å²) in [4.78, 5) is 11.9. The Morgan fingerprint density at radius 3 is 2.60 bits per heavy atom. The smallest absolute Gasteiger partial charge is 0.254 e.